The van der Waals surface area contributed by atoms with Gasteiger partial charge < -0.3 is 19.7 Å². The molecule has 0 bridgehead atoms. The molecule has 0 heterocycles. The predicted molar refractivity (Wildman–Crippen MR) is 78.3 cm³/mol. The molecule has 0 atom stereocenters. The lowest BCUT2D eigenvalue weighted by Crippen LogP contribution is -2.33. The summed E-state index contributed by atoms with van der Waals surface area (Å²) in [5.41, 5.74) is 0. The topological polar surface area (TPSA) is 62.2 Å². The molecule has 0 radical (unpaired) electrons. The second-order valence-electron chi connectivity index (χ2n) is 4.46. The Morgan fingerprint density at radius 1 is 0.850 bits per heavy atom. The number of rotatable bonds is 11. The number of ether oxygens (including phenoxy) is 2. The molecule has 20 heavy (non-hydrogen) atoms. The van der Waals surface area contributed by atoms with Crippen LogP contribution in [0.4, 0.5) is 0 Å². The van der Waals surface area contributed by atoms with Crippen LogP contribution in [-0.2, 0) is 0 Å². The standard InChI is InChI=1S/C15H25NO4/c1-2-12-19-14-3-5-15(6-4-14)20-13-9-16(7-10-17)8-11-18/h3-6,17-18H,2,7-13H2,1H3. The molecule has 2 N–H and O–H groups in total. The Hall–Kier alpha value is -1.30. The van der Waals surface area contributed by atoms with E-state index in [2.05, 4.69) is 6.92 Å². The highest BCUT2D eigenvalue weighted by molar-refractivity contribution is 5.31. The number of aliphatic hydroxyl groups is 2. The minimum Gasteiger partial charge on any atom is -0.494 e. The van der Waals surface area contributed by atoms with Gasteiger partial charge in [-0.25, -0.2) is 0 Å². The maximum atomic E-state index is 8.90. The van der Waals surface area contributed by atoms with Gasteiger partial charge in [0.05, 0.1) is 19.8 Å². The number of aliphatic hydroxyl groups excluding tert-OH is 2. The lowest BCUT2D eigenvalue weighted by molar-refractivity contribution is 0.141. The first kappa shape index (κ1) is 16.8. The average molecular weight is 283 g/mol. The van der Waals surface area contributed by atoms with Crippen LogP contribution in [0.2, 0.25) is 0 Å². The highest BCUT2D eigenvalue weighted by Crippen LogP contribution is 2.17. The summed E-state index contributed by atoms with van der Waals surface area (Å²) in [6.07, 6.45) is 0.990. The van der Waals surface area contributed by atoms with Gasteiger partial charge in [0.25, 0.3) is 0 Å². The predicted octanol–water partition coefficient (Wildman–Crippen LogP) is 1.14. The Morgan fingerprint density at radius 3 is 1.80 bits per heavy atom. The summed E-state index contributed by atoms with van der Waals surface area (Å²) in [7, 11) is 0. The van der Waals surface area contributed by atoms with Gasteiger partial charge in [0.15, 0.2) is 0 Å². The molecule has 0 saturated carbocycles. The number of nitrogens with zero attached hydrogens (tertiary/aromatic N) is 1. The molecule has 0 aliphatic carbocycles. The van der Waals surface area contributed by atoms with Crippen LogP contribution in [0.3, 0.4) is 0 Å². The Morgan fingerprint density at radius 2 is 1.35 bits per heavy atom. The van der Waals surface area contributed by atoms with E-state index in [1.165, 1.54) is 0 Å². The molecule has 0 aliphatic heterocycles. The van der Waals surface area contributed by atoms with E-state index in [0.29, 0.717) is 26.2 Å². The molecule has 114 valence electrons. The molecular formula is C15H25NO4. The molecule has 0 aliphatic rings. The van der Waals surface area contributed by atoms with Crippen LogP contribution in [-0.4, -0.2) is 61.2 Å². The zero-order valence-electron chi connectivity index (χ0n) is 12.1. The van der Waals surface area contributed by atoms with Crippen LogP contribution in [0.15, 0.2) is 24.3 Å². The van der Waals surface area contributed by atoms with Gasteiger partial charge in [-0.2, -0.15) is 0 Å². The molecule has 1 rings (SSSR count). The highest BCUT2D eigenvalue weighted by atomic mass is 16.5. The van der Waals surface area contributed by atoms with Gasteiger partial charge >= 0.3 is 0 Å². The lowest BCUT2D eigenvalue weighted by Gasteiger charge is -2.20. The summed E-state index contributed by atoms with van der Waals surface area (Å²) >= 11 is 0. The van der Waals surface area contributed by atoms with Crippen molar-refractivity contribution in [1.82, 2.24) is 4.90 Å². The summed E-state index contributed by atoms with van der Waals surface area (Å²) in [5.74, 6) is 1.64. The van der Waals surface area contributed by atoms with Crippen LogP contribution in [0, 0.1) is 0 Å². The number of hydrogen-bond acceptors (Lipinski definition) is 5. The van der Waals surface area contributed by atoms with Crippen molar-refractivity contribution in [3.8, 4) is 11.5 Å². The second-order valence-corrected chi connectivity index (χ2v) is 4.46. The van der Waals surface area contributed by atoms with Crippen LogP contribution < -0.4 is 9.47 Å². The molecule has 1 aromatic carbocycles. The van der Waals surface area contributed by atoms with Crippen molar-refractivity contribution < 1.29 is 19.7 Å². The summed E-state index contributed by atoms with van der Waals surface area (Å²) in [6, 6.07) is 7.55. The minimum absolute atomic E-state index is 0.0868. The average Bonchev–Trinajstić information content (AvgIpc) is 2.47. The maximum absolute atomic E-state index is 8.90. The zero-order chi connectivity index (χ0) is 14.6. The monoisotopic (exact) mass is 283 g/mol. The molecule has 0 unspecified atom stereocenters. The molecule has 5 nitrogen and oxygen atoms in total. The molecule has 1 aromatic rings. The molecule has 0 fully saturated rings. The summed E-state index contributed by atoms with van der Waals surface area (Å²) in [4.78, 5) is 1.96. The molecule has 0 saturated heterocycles. The van der Waals surface area contributed by atoms with Gasteiger partial charge in [0, 0.05) is 19.6 Å². The molecular weight excluding hydrogens is 258 g/mol. The Kier molecular flexibility index (Phi) is 8.78. The van der Waals surface area contributed by atoms with E-state index in [-0.39, 0.29) is 13.2 Å². The lowest BCUT2D eigenvalue weighted by atomic mass is 10.3. The fourth-order valence-electron chi connectivity index (χ4n) is 1.76. The van der Waals surface area contributed by atoms with Crippen molar-refractivity contribution in [2.45, 2.75) is 13.3 Å². The van der Waals surface area contributed by atoms with Crippen LogP contribution >= 0.6 is 0 Å². The highest BCUT2D eigenvalue weighted by Gasteiger charge is 2.03. The number of benzene rings is 1. The van der Waals surface area contributed by atoms with Gasteiger partial charge in [-0.05, 0) is 30.7 Å². The molecule has 5 heteroatoms. The van der Waals surface area contributed by atoms with Crippen molar-refractivity contribution in [2.75, 3.05) is 46.1 Å². The van der Waals surface area contributed by atoms with E-state index in [4.69, 9.17) is 19.7 Å². The van der Waals surface area contributed by atoms with Crippen molar-refractivity contribution in [3.05, 3.63) is 24.3 Å². The largest absolute Gasteiger partial charge is 0.494 e. The Labute approximate surface area is 120 Å². The van der Waals surface area contributed by atoms with Gasteiger partial charge in [-0.15, -0.1) is 0 Å². The maximum Gasteiger partial charge on any atom is 0.119 e. The minimum atomic E-state index is 0.0868. The zero-order valence-corrected chi connectivity index (χ0v) is 12.1. The van der Waals surface area contributed by atoms with E-state index >= 15 is 0 Å². The fraction of sp³-hybridized carbons (Fsp3) is 0.600. The third-order valence-electron chi connectivity index (χ3n) is 2.81. The normalized spacial score (nSPS) is 10.8. The van der Waals surface area contributed by atoms with E-state index in [0.717, 1.165) is 24.5 Å². The van der Waals surface area contributed by atoms with Crippen LogP contribution in [0.5, 0.6) is 11.5 Å². The first-order chi connectivity index (χ1) is 9.80. The Balaban J connectivity index is 2.30. The van der Waals surface area contributed by atoms with Gasteiger partial charge in [0.1, 0.15) is 18.1 Å². The van der Waals surface area contributed by atoms with Crippen molar-refractivity contribution in [3.63, 3.8) is 0 Å². The van der Waals surface area contributed by atoms with Crippen LogP contribution in [0.25, 0.3) is 0 Å². The molecule has 0 aromatic heterocycles. The van der Waals surface area contributed by atoms with Gasteiger partial charge in [-0.1, -0.05) is 6.92 Å². The van der Waals surface area contributed by atoms with Crippen molar-refractivity contribution in [2.24, 2.45) is 0 Å². The first-order valence-electron chi connectivity index (χ1n) is 7.10. The SMILES string of the molecule is CCCOc1ccc(OCCN(CCO)CCO)cc1. The van der Waals surface area contributed by atoms with E-state index in [1.54, 1.807) is 0 Å². The number of hydrogen-bond donors (Lipinski definition) is 2. The third kappa shape index (κ3) is 6.75. The van der Waals surface area contributed by atoms with E-state index < -0.39 is 0 Å². The van der Waals surface area contributed by atoms with Crippen molar-refractivity contribution >= 4 is 0 Å². The summed E-state index contributed by atoms with van der Waals surface area (Å²) in [5, 5.41) is 17.8. The van der Waals surface area contributed by atoms with Gasteiger partial charge in [-0.3, -0.25) is 4.90 Å². The van der Waals surface area contributed by atoms with Gasteiger partial charge in [0.2, 0.25) is 0 Å². The summed E-state index contributed by atoms with van der Waals surface area (Å²) in [6.45, 7) is 5.26. The molecule has 0 amide bonds. The van der Waals surface area contributed by atoms with E-state index in [1.807, 2.05) is 29.2 Å². The van der Waals surface area contributed by atoms with E-state index in [9.17, 15) is 0 Å². The quantitative estimate of drug-likeness (QED) is 0.638. The fourth-order valence-corrected chi connectivity index (χ4v) is 1.76. The first-order valence-corrected chi connectivity index (χ1v) is 7.10. The molecule has 0 spiro atoms. The third-order valence-corrected chi connectivity index (χ3v) is 2.81. The second kappa shape index (κ2) is 10.5. The van der Waals surface area contributed by atoms with Crippen molar-refractivity contribution in [1.29, 1.82) is 0 Å². The van der Waals surface area contributed by atoms with Crippen LogP contribution in [0.1, 0.15) is 13.3 Å². The Bertz CT molecular complexity index is 336. The summed E-state index contributed by atoms with van der Waals surface area (Å²) < 4.78 is 11.1. The smallest absolute Gasteiger partial charge is 0.119 e.